The fraction of sp³-hybridized carbons (Fsp3) is 0.167. The molecule has 1 heterocycles. The molecule has 146 valence electrons. The van der Waals surface area contributed by atoms with Gasteiger partial charge in [-0.3, -0.25) is 9.59 Å². The molecule has 4 aromatic rings. The van der Waals surface area contributed by atoms with E-state index in [0.29, 0.717) is 23.6 Å². The van der Waals surface area contributed by atoms with Crippen LogP contribution in [0.25, 0.3) is 21.8 Å². The Morgan fingerprint density at radius 1 is 0.862 bits per heavy atom. The van der Waals surface area contributed by atoms with E-state index in [4.69, 9.17) is 11.5 Å². The second-order valence-corrected chi connectivity index (χ2v) is 7.60. The van der Waals surface area contributed by atoms with E-state index in [2.05, 4.69) is 36.6 Å². The molecule has 4 N–H and O–H groups in total. The van der Waals surface area contributed by atoms with Crippen molar-refractivity contribution in [2.24, 2.45) is 11.5 Å². The summed E-state index contributed by atoms with van der Waals surface area (Å²) in [7, 11) is 0. The van der Waals surface area contributed by atoms with Crippen LogP contribution in [-0.4, -0.2) is 16.4 Å². The summed E-state index contributed by atoms with van der Waals surface area (Å²) in [6.07, 6.45) is 0. The van der Waals surface area contributed by atoms with Gasteiger partial charge in [0.2, 0.25) is 11.8 Å². The van der Waals surface area contributed by atoms with Crippen LogP contribution in [-0.2, 0) is 6.54 Å². The van der Waals surface area contributed by atoms with E-state index in [1.165, 1.54) is 5.56 Å². The molecule has 1 aromatic heterocycles. The fourth-order valence-corrected chi connectivity index (χ4v) is 3.96. The van der Waals surface area contributed by atoms with Crippen molar-refractivity contribution < 1.29 is 9.59 Å². The zero-order valence-electron chi connectivity index (χ0n) is 16.5. The van der Waals surface area contributed by atoms with Gasteiger partial charge in [-0.1, -0.05) is 50.2 Å². The average Bonchev–Trinajstić information content (AvgIpc) is 3.01. The number of hydrogen-bond acceptors (Lipinski definition) is 2. The number of nitrogens with two attached hydrogens (primary N) is 2. The van der Waals surface area contributed by atoms with Crippen molar-refractivity contribution in [3.05, 3.63) is 82.9 Å². The Labute approximate surface area is 168 Å². The van der Waals surface area contributed by atoms with Gasteiger partial charge in [-0.15, -0.1) is 0 Å². The first-order chi connectivity index (χ1) is 13.9. The van der Waals surface area contributed by atoms with Crippen LogP contribution < -0.4 is 11.5 Å². The molecule has 5 nitrogen and oxygen atoms in total. The van der Waals surface area contributed by atoms with E-state index in [1.54, 1.807) is 18.2 Å². The molecule has 2 amide bonds. The maximum Gasteiger partial charge on any atom is 0.249 e. The predicted octanol–water partition coefficient (Wildman–Crippen LogP) is 4.16. The second kappa shape index (κ2) is 7.09. The number of hydrogen-bond donors (Lipinski definition) is 2. The van der Waals surface area contributed by atoms with Crippen LogP contribution in [0.15, 0.2) is 60.7 Å². The van der Waals surface area contributed by atoms with Gasteiger partial charge in [-0.05, 0) is 41.3 Å². The summed E-state index contributed by atoms with van der Waals surface area (Å²) in [6.45, 7) is 4.75. The van der Waals surface area contributed by atoms with Crippen molar-refractivity contribution >= 4 is 33.6 Å². The van der Waals surface area contributed by atoms with Gasteiger partial charge < -0.3 is 16.0 Å². The number of rotatable bonds is 5. The molecule has 0 aliphatic heterocycles. The summed E-state index contributed by atoms with van der Waals surface area (Å²) < 4.78 is 2.13. The summed E-state index contributed by atoms with van der Waals surface area (Å²) in [5.74, 6) is -0.554. The van der Waals surface area contributed by atoms with Gasteiger partial charge in [0.05, 0.1) is 5.52 Å². The van der Waals surface area contributed by atoms with E-state index in [-0.39, 0.29) is 0 Å². The molecule has 3 aromatic carbocycles. The molecule has 0 radical (unpaired) electrons. The predicted molar refractivity (Wildman–Crippen MR) is 116 cm³/mol. The highest BCUT2D eigenvalue weighted by Crippen LogP contribution is 2.34. The molecular weight excluding hydrogens is 362 g/mol. The molecular formula is C24H23N3O2. The number of aromatic nitrogens is 1. The second-order valence-electron chi connectivity index (χ2n) is 7.60. The summed E-state index contributed by atoms with van der Waals surface area (Å²) in [5, 5.41) is 1.80. The van der Waals surface area contributed by atoms with Crippen LogP contribution in [0.2, 0.25) is 0 Å². The summed E-state index contributed by atoms with van der Waals surface area (Å²) in [4.78, 5) is 24.0. The van der Waals surface area contributed by atoms with Crippen LogP contribution in [0.4, 0.5) is 0 Å². The third kappa shape index (κ3) is 3.14. The van der Waals surface area contributed by atoms with Crippen molar-refractivity contribution in [2.45, 2.75) is 26.3 Å². The van der Waals surface area contributed by atoms with Crippen LogP contribution in [0.3, 0.4) is 0 Å². The monoisotopic (exact) mass is 385 g/mol. The lowest BCUT2D eigenvalue weighted by molar-refractivity contribution is 0.0992. The first-order valence-electron chi connectivity index (χ1n) is 9.61. The molecule has 0 fully saturated rings. The fourth-order valence-electron chi connectivity index (χ4n) is 3.96. The lowest BCUT2D eigenvalue weighted by atomic mass is 10.00. The first-order valence-corrected chi connectivity index (χ1v) is 9.61. The van der Waals surface area contributed by atoms with E-state index in [0.717, 1.165) is 27.4 Å². The summed E-state index contributed by atoms with van der Waals surface area (Å²) in [6, 6.07) is 19.2. The zero-order valence-corrected chi connectivity index (χ0v) is 16.5. The lowest BCUT2D eigenvalue weighted by Crippen LogP contribution is -2.15. The number of amides is 2. The minimum absolute atomic E-state index is 0.361. The molecule has 0 unspecified atom stereocenters. The Kier molecular flexibility index (Phi) is 4.59. The van der Waals surface area contributed by atoms with Crippen molar-refractivity contribution in [3.8, 4) is 0 Å². The molecule has 0 aliphatic rings. The smallest absolute Gasteiger partial charge is 0.249 e. The van der Waals surface area contributed by atoms with Crippen molar-refractivity contribution in [3.63, 3.8) is 0 Å². The lowest BCUT2D eigenvalue weighted by Gasteiger charge is -2.12. The normalized spacial score (nSPS) is 11.4. The molecule has 0 atom stereocenters. The quantitative estimate of drug-likeness (QED) is 0.540. The van der Waals surface area contributed by atoms with E-state index < -0.39 is 11.8 Å². The number of carbonyl (C=O) groups excluding carboxylic acids is 2. The van der Waals surface area contributed by atoms with Gasteiger partial charge in [-0.2, -0.15) is 0 Å². The van der Waals surface area contributed by atoms with Crippen LogP contribution >= 0.6 is 0 Å². The van der Waals surface area contributed by atoms with Crippen molar-refractivity contribution in [2.75, 3.05) is 0 Å². The Morgan fingerprint density at radius 3 is 2.24 bits per heavy atom. The molecule has 0 saturated carbocycles. The standard InChI is InChI=1S/C24H23N3O2/c1-14(2)15-10-11-18-21(12-15)27(13-16-6-3-4-7-17(16)23(25)28)20-9-5-8-19(22(18)20)24(26)29/h3-12,14H,13H2,1-2H3,(H2,25,28)(H2,26,29). The summed E-state index contributed by atoms with van der Waals surface area (Å²) in [5.41, 5.74) is 16.2. The molecule has 5 heteroatoms. The van der Waals surface area contributed by atoms with E-state index in [1.807, 2.05) is 24.3 Å². The Balaban J connectivity index is 2.06. The largest absolute Gasteiger partial charge is 0.366 e. The molecule has 0 aliphatic carbocycles. The topological polar surface area (TPSA) is 91.1 Å². The highest BCUT2D eigenvalue weighted by Gasteiger charge is 2.18. The first kappa shape index (κ1) is 18.7. The molecule has 29 heavy (non-hydrogen) atoms. The van der Waals surface area contributed by atoms with Crippen LogP contribution in [0.1, 0.15) is 51.6 Å². The Bertz CT molecular complexity index is 1270. The minimum Gasteiger partial charge on any atom is -0.366 e. The SMILES string of the molecule is CC(C)c1ccc2c3c(C(N)=O)cccc3n(Cc3ccccc3C(N)=O)c2c1. The maximum absolute atomic E-state index is 12.1. The minimum atomic E-state index is -0.458. The number of benzene rings is 3. The number of fused-ring (bicyclic) bond motifs is 3. The van der Waals surface area contributed by atoms with Crippen LogP contribution in [0, 0.1) is 0 Å². The van der Waals surface area contributed by atoms with Crippen molar-refractivity contribution in [1.29, 1.82) is 0 Å². The number of nitrogens with zero attached hydrogens (tertiary/aromatic N) is 1. The molecule has 0 bridgehead atoms. The number of primary amides is 2. The third-order valence-electron chi connectivity index (χ3n) is 5.46. The van der Waals surface area contributed by atoms with Crippen LogP contribution in [0.5, 0.6) is 0 Å². The number of carbonyl (C=O) groups is 2. The van der Waals surface area contributed by atoms with Gasteiger partial charge in [0.15, 0.2) is 0 Å². The third-order valence-corrected chi connectivity index (χ3v) is 5.46. The average molecular weight is 385 g/mol. The van der Waals surface area contributed by atoms with E-state index in [9.17, 15) is 9.59 Å². The molecule has 4 rings (SSSR count). The van der Waals surface area contributed by atoms with Gasteiger partial charge >= 0.3 is 0 Å². The summed E-state index contributed by atoms with van der Waals surface area (Å²) >= 11 is 0. The highest BCUT2D eigenvalue weighted by molar-refractivity contribution is 6.18. The van der Waals surface area contributed by atoms with Gasteiger partial charge in [0.25, 0.3) is 0 Å². The molecule has 0 saturated heterocycles. The van der Waals surface area contributed by atoms with Crippen molar-refractivity contribution in [1.82, 2.24) is 4.57 Å². The van der Waals surface area contributed by atoms with E-state index >= 15 is 0 Å². The van der Waals surface area contributed by atoms with Gasteiger partial charge in [0.1, 0.15) is 0 Å². The zero-order chi connectivity index (χ0) is 20.7. The Hall–Kier alpha value is -3.60. The molecule has 0 spiro atoms. The van der Waals surface area contributed by atoms with Gasteiger partial charge in [0, 0.05) is 34.0 Å². The van der Waals surface area contributed by atoms with Gasteiger partial charge in [-0.25, -0.2) is 0 Å². The Morgan fingerprint density at radius 2 is 1.55 bits per heavy atom. The highest BCUT2D eigenvalue weighted by atomic mass is 16.1. The maximum atomic E-state index is 12.1.